The molecule has 2 aromatic heterocycles. The molecule has 0 saturated carbocycles. The van der Waals surface area contributed by atoms with Crippen LogP contribution < -0.4 is 0 Å². The van der Waals surface area contributed by atoms with Gasteiger partial charge in [-0.1, -0.05) is 54.6 Å². The van der Waals surface area contributed by atoms with E-state index in [4.69, 9.17) is 6.57 Å². The van der Waals surface area contributed by atoms with E-state index in [0.29, 0.717) is 40.6 Å². The number of hydrogen-bond donors (Lipinski definition) is 0. The molecule has 0 spiro atoms. The molecular formula is C42H21F12N3. The predicted octanol–water partition coefficient (Wildman–Crippen LogP) is 14.5. The summed E-state index contributed by atoms with van der Waals surface area (Å²) >= 11 is 0. The van der Waals surface area contributed by atoms with Crippen molar-refractivity contribution in [2.75, 3.05) is 0 Å². The highest BCUT2D eigenvalue weighted by Gasteiger charge is 2.37. The second kappa shape index (κ2) is 12.5. The zero-order valence-electron chi connectivity index (χ0n) is 28.8. The SMILES string of the molecule is [C-]#[N+]c1c(-n2c3cc(C)ccc3c3ccc(C(F)(F)F)cc32)ccc(-c2ccccc2C(F)(F)F)c1-n1c2cc(C(F)(F)F)ccc2c2ccc(C(F)(F)F)cc21. The molecule has 2 heterocycles. The maximum Gasteiger partial charge on any atom is 0.417 e. The molecule has 8 aromatic rings. The Balaban J connectivity index is 1.63. The molecule has 0 aliphatic carbocycles. The van der Waals surface area contributed by atoms with Gasteiger partial charge < -0.3 is 9.13 Å². The largest absolute Gasteiger partial charge is 0.417 e. The maximum atomic E-state index is 14.7. The van der Waals surface area contributed by atoms with Crippen LogP contribution in [0.4, 0.5) is 58.4 Å². The maximum absolute atomic E-state index is 14.7. The van der Waals surface area contributed by atoms with Crippen molar-refractivity contribution in [3.05, 3.63) is 148 Å². The number of nitrogens with zero attached hydrogens (tertiary/aromatic N) is 3. The van der Waals surface area contributed by atoms with Crippen LogP contribution in [0.25, 0.3) is 71.0 Å². The van der Waals surface area contributed by atoms with Crippen LogP contribution in [0.3, 0.4) is 0 Å². The fourth-order valence-corrected chi connectivity index (χ4v) is 7.45. The highest BCUT2D eigenvalue weighted by Crippen LogP contribution is 2.49. The van der Waals surface area contributed by atoms with Crippen molar-refractivity contribution >= 4 is 49.3 Å². The average Bonchev–Trinajstić information content (AvgIpc) is 3.63. The lowest BCUT2D eigenvalue weighted by Crippen LogP contribution is -2.10. The number of aryl methyl sites for hydroxylation is 1. The summed E-state index contributed by atoms with van der Waals surface area (Å²) in [5.74, 6) is 0. The lowest BCUT2D eigenvalue weighted by molar-refractivity contribution is -0.138. The van der Waals surface area contributed by atoms with E-state index >= 15 is 0 Å². The Bertz CT molecular complexity index is 2920. The van der Waals surface area contributed by atoms with Gasteiger partial charge in [0.1, 0.15) is 0 Å². The first kappa shape index (κ1) is 37.5. The van der Waals surface area contributed by atoms with E-state index in [1.165, 1.54) is 22.8 Å². The van der Waals surface area contributed by atoms with Gasteiger partial charge in [0.2, 0.25) is 5.69 Å². The number of benzene rings is 6. The van der Waals surface area contributed by atoms with E-state index in [9.17, 15) is 52.7 Å². The van der Waals surface area contributed by atoms with Gasteiger partial charge in [0, 0.05) is 21.5 Å². The Morgan fingerprint density at radius 1 is 0.456 bits per heavy atom. The topological polar surface area (TPSA) is 14.2 Å². The van der Waals surface area contributed by atoms with Gasteiger partial charge in [-0.15, -0.1) is 0 Å². The number of hydrogen-bond acceptors (Lipinski definition) is 0. The van der Waals surface area contributed by atoms with E-state index < -0.39 is 80.5 Å². The van der Waals surface area contributed by atoms with E-state index in [1.54, 1.807) is 25.1 Å². The highest BCUT2D eigenvalue weighted by molar-refractivity contribution is 6.13. The van der Waals surface area contributed by atoms with Gasteiger partial charge in [-0.05, 0) is 78.2 Å². The summed E-state index contributed by atoms with van der Waals surface area (Å²) in [6.07, 6.45) is -19.8. The van der Waals surface area contributed by atoms with Crippen molar-refractivity contribution < 1.29 is 52.7 Å². The zero-order valence-corrected chi connectivity index (χ0v) is 28.8. The minimum absolute atomic E-state index is 0.0228. The summed E-state index contributed by atoms with van der Waals surface area (Å²) < 4.78 is 174. The van der Waals surface area contributed by atoms with Crippen molar-refractivity contribution in [3.8, 4) is 22.5 Å². The van der Waals surface area contributed by atoms with Crippen LogP contribution in [-0.2, 0) is 24.7 Å². The summed E-state index contributed by atoms with van der Waals surface area (Å²) in [5, 5.41) is 0.675. The summed E-state index contributed by atoms with van der Waals surface area (Å²) in [5.41, 5.74) is -7.05. The Morgan fingerprint density at radius 3 is 1.35 bits per heavy atom. The molecule has 0 atom stereocenters. The van der Waals surface area contributed by atoms with Crippen molar-refractivity contribution in [2.24, 2.45) is 0 Å². The number of aromatic nitrogens is 2. The van der Waals surface area contributed by atoms with Gasteiger partial charge >= 0.3 is 24.7 Å². The van der Waals surface area contributed by atoms with Gasteiger partial charge in [0.05, 0.1) is 62.3 Å². The van der Waals surface area contributed by atoms with Crippen LogP contribution in [-0.4, -0.2) is 9.13 Å². The quantitative estimate of drug-likeness (QED) is 0.125. The van der Waals surface area contributed by atoms with Gasteiger partial charge in [-0.3, -0.25) is 0 Å². The van der Waals surface area contributed by atoms with E-state index in [2.05, 4.69) is 4.85 Å². The van der Waals surface area contributed by atoms with Crippen molar-refractivity contribution in [1.82, 2.24) is 9.13 Å². The molecule has 8 rings (SSSR count). The third-order valence-electron chi connectivity index (χ3n) is 9.90. The number of alkyl halides is 12. The van der Waals surface area contributed by atoms with Crippen LogP contribution in [0.5, 0.6) is 0 Å². The summed E-state index contributed by atoms with van der Waals surface area (Å²) in [4.78, 5) is 3.68. The highest BCUT2D eigenvalue weighted by atomic mass is 19.4. The molecule has 15 heteroatoms. The standard InChI is InChI=1S/C42H21F12N3/c1-21-7-11-26-27-12-8-22(39(43,44)45)18-34(27)56(33(26)17-21)32-16-15-30(25-5-3-4-6-31(25)42(52,53)54)38(37(32)55-2)57-35-19-23(40(46,47)48)9-13-28(35)29-14-10-24(20-36(29)57)41(49,50)51/h3-20H,1H3. The van der Waals surface area contributed by atoms with E-state index in [1.807, 2.05) is 0 Å². The van der Waals surface area contributed by atoms with Gasteiger partial charge in [-0.2, -0.15) is 52.7 Å². The first-order valence-corrected chi connectivity index (χ1v) is 16.7. The van der Waals surface area contributed by atoms with Gasteiger partial charge in [-0.25, -0.2) is 4.85 Å². The van der Waals surface area contributed by atoms with Gasteiger partial charge in [0.25, 0.3) is 0 Å². The summed E-state index contributed by atoms with van der Waals surface area (Å²) in [6.45, 7) is 10.2. The first-order chi connectivity index (χ1) is 26.7. The van der Waals surface area contributed by atoms with Crippen LogP contribution in [0, 0.1) is 13.5 Å². The molecule has 0 radical (unpaired) electrons. The molecule has 0 saturated heterocycles. The first-order valence-electron chi connectivity index (χ1n) is 16.7. The zero-order chi connectivity index (χ0) is 41.0. The van der Waals surface area contributed by atoms with Gasteiger partial charge in [0.15, 0.2) is 0 Å². The number of fused-ring (bicyclic) bond motifs is 6. The Hall–Kier alpha value is -6.43. The lowest BCUT2D eigenvalue weighted by atomic mass is 9.95. The van der Waals surface area contributed by atoms with Crippen molar-refractivity contribution in [3.63, 3.8) is 0 Å². The molecule has 0 amide bonds. The second-order valence-electron chi connectivity index (χ2n) is 13.4. The van der Waals surface area contributed by atoms with Crippen LogP contribution >= 0.6 is 0 Å². The summed E-state index contributed by atoms with van der Waals surface area (Å²) in [7, 11) is 0. The van der Waals surface area contributed by atoms with Crippen molar-refractivity contribution in [2.45, 2.75) is 31.6 Å². The predicted molar refractivity (Wildman–Crippen MR) is 192 cm³/mol. The minimum atomic E-state index is -5.03. The lowest BCUT2D eigenvalue weighted by Gasteiger charge is -2.22. The van der Waals surface area contributed by atoms with Crippen LogP contribution in [0.1, 0.15) is 27.8 Å². The fraction of sp³-hybridized carbons (Fsp3) is 0.119. The molecular weight excluding hydrogens is 774 g/mol. The fourth-order valence-electron chi connectivity index (χ4n) is 7.45. The molecule has 0 unspecified atom stereocenters. The molecule has 57 heavy (non-hydrogen) atoms. The van der Waals surface area contributed by atoms with Crippen LogP contribution in [0.15, 0.2) is 109 Å². The molecule has 0 aliphatic heterocycles. The third kappa shape index (κ3) is 6.10. The Kier molecular flexibility index (Phi) is 8.25. The van der Waals surface area contributed by atoms with Crippen LogP contribution in [0.2, 0.25) is 0 Å². The van der Waals surface area contributed by atoms with Crippen molar-refractivity contribution in [1.29, 1.82) is 0 Å². The number of rotatable bonds is 3. The second-order valence-corrected chi connectivity index (χ2v) is 13.4. The third-order valence-corrected chi connectivity index (χ3v) is 9.90. The monoisotopic (exact) mass is 795 g/mol. The normalized spacial score (nSPS) is 13.0. The Labute approximate surface area is 313 Å². The molecule has 288 valence electrons. The molecule has 0 fully saturated rings. The Morgan fingerprint density at radius 2 is 0.895 bits per heavy atom. The smallest absolute Gasteiger partial charge is 0.319 e. The molecule has 3 nitrogen and oxygen atoms in total. The molecule has 0 aliphatic rings. The molecule has 0 N–H and O–H groups in total. The minimum Gasteiger partial charge on any atom is -0.319 e. The summed E-state index contributed by atoms with van der Waals surface area (Å²) in [6, 6.07) is 19.0. The number of halogens is 12. The average molecular weight is 796 g/mol. The molecule has 6 aromatic carbocycles. The molecule has 0 bridgehead atoms. The van der Waals surface area contributed by atoms with E-state index in [-0.39, 0.29) is 27.5 Å². The van der Waals surface area contributed by atoms with E-state index in [0.717, 1.165) is 53.1 Å².